The molecule has 0 saturated heterocycles. The average molecular weight is 241 g/mol. The molecule has 0 atom stereocenters. The van der Waals surface area contributed by atoms with Crippen LogP contribution < -0.4 is 10.5 Å². The van der Waals surface area contributed by atoms with E-state index in [1.54, 1.807) is 12.3 Å². The lowest BCUT2D eigenvalue weighted by atomic mass is 10.2. The van der Waals surface area contributed by atoms with Crippen LogP contribution in [0.15, 0.2) is 24.4 Å². The Kier molecular flexibility index (Phi) is 2.79. The predicted molar refractivity (Wildman–Crippen MR) is 62.8 cm³/mol. The van der Waals surface area contributed by atoms with Crippen molar-refractivity contribution in [2.45, 2.75) is 6.92 Å². The molecular formula is C10H9ClN2OS. The molecule has 1 aromatic carbocycles. The van der Waals surface area contributed by atoms with E-state index >= 15 is 0 Å². The first kappa shape index (κ1) is 10.3. The summed E-state index contributed by atoms with van der Waals surface area (Å²) in [6, 6.07) is 5.58. The number of benzene rings is 1. The van der Waals surface area contributed by atoms with E-state index in [9.17, 15) is 0 Å². The van der Waals surface area contributed by atoms with Gasteiger partial charge >= 0.3 is 0 Å². The Labute approximate surface area is 96.5 Å². The van der Waals surface area contributed by atoms with Crippen LogP contribution in [0.4, 0.5) is 5.00 Å². The summed E-state index contributed by atoms with van der Waals surface area (Å²) in [7, 11) is 0. The van der Waals surface area contributed by atoms with Gasteiger partial charge in [0.1, 0.15) is 10.8 Å². The molecule has 3 nitrogen and oxygen atoms in total. The number of halogens is 1. The van der Waals surface area contributed by atoms with Crippen molar-refractivity contribution in [3.05, 3.63) is 35.0 Å². The molecule has 78 valence electrons. The molecule has 1 aromatic heterocycles. The number of ether oxygens (including phenoxy) is 1. The first-order chi connectivity index (χ1) is 7.15. The number of rotatable bonds is 2. The van der Waals surface area contributed by atoms with Gasteiger partial charge in [-0.05, 0) is 24.6 Å². The third-order valence-electron chi connectivity index (χ3n) is 1.79. The van der Waals surface area contributed by atoms with Crippen LogP contribution in [-0.4, -0.2) is 4.98 Å². The van der Waals surface area contributed by atoms with Crippen LogP contribution >= 0.6 is 22.9 Å². The number of thiazole rings is 1. The Morgan fingerprint density at radius 3 is 2.93 bits per heavy atom. The quantitative estimate of drug-likeness (QED) is 0.874. The van der Waals surface area contributed by atoms with Crippen LogP contribution in [0.5, 0.6) is 10.9 Å². The van der Waals surface area contributed by atoms with Gasteiger partial charge in [0.15, 0.2) is 0 Å². The van der Waals surface area contributed by atoms with E-state index < -0.39 is 0 Å². The molecule has 0 aliphatic heterocycles. The van der Waals surface area contributed by atoms with Crippen molar-refractivity contribution in [1.29, 1.82) is 0 Å². The molecule has 0 fully saturated rings. The topological polar surface area (TPSA) is 48.1 Å². The minimum absolute atomic E-state index is 0.500. The van der Waals surface area contributed by atoms with E-state index in [2.05, 4.69) is 4.98 Å². The summed E-state index contributed by atoms with van der Waals surface area (Å²) in [5, 5.41) is 1.68. The zero-order valence-electron chi connectivity index (χ0n) is 8.03. The SMILES string of the molecule is Cc1ccc(Cl)c(Oc2ncc(N)s2)c1. The molecular weight excluding hydrogens is 232 g/mol. The molecule has 2 rings (SSSR count). The molecule has 0 radical (unpaired) electrons. The van der Waals surface area contributed by atoms with Crippen molar-refractivity contribution in [3.63, 3.8) is 0 Å². The molecule has 0 aliphatic carbocycles. The van der Waals surface area contributed by atoms with Crippen LogP contribution in [0.3, 0.4) is 0 Å². The maximum Gasteiger partial charge on any atom is 0.280 e. The monoisotopic (exact) mass is 240 g/mol. The van der Waals surface area contributed by atoms with Crippen LogP contribution in [0.2, 0.25) is 5.02 Å². The number of aryl methyl sites for hydroxylation is 1. The van der Waals surface area contributed by atoms with Crippen molar-refractivity contribution in [2.75, 3.05) is 5.73 Å². The first-order valence-corrected chi connectivity index (χ1v) is 5.50. The van der Waals surface area contributed by atoms with Crippen molar-refractivity contribution < 1.29 is 4.74 Å². The van der Waals surface area contributed by atoms with E-state index in [1.807, 2.05) is 19.1 Å². The third-order valence-corrected chi connectivity index (χ3v) is 2.80. The van der Waals surface area contributed by atoms with Gasteiger partial charge in [-0.2, -0.15) is 0 Å². The molecule has 15 heavy (non-hydrogen) atoms. The number of hydrogen-bond donors (Lipinski definition) is 1. The summed E-state index contributed by atoms with van der Waals surface area (Å²) in [4.78, 5) is 3.99. The number of nitrogens with two attached hydrogens (primary N) is 1. The van der Waals surface area contributed by atoms with E-state index in [0.29, 0.717) is 21.0 Å². The molecule has 0 unspecified atom stereocenters. The zero-order chi connectivity index (χ0) is 10.8. The number of nitrogen functional groups attached to an aromatic ring is 1. The van der Waals surface area contributed by atoms with E-state index in [4.69, 9.17) is 22.1 Å². The molecule has 2 N–H and O–H groups in total. The minimum atomic E-state index is 0.500. The summed E-state index contributed by atoms with van der Waals surface area (Å²) in [5.74, 6) is 0.603. The summed E-state index contributed by atoms with van der Waals surface area (Å²) >= 11 is 7.26. The van der Waals surface area contributed by atoms with E-state index in [1.165, 1.54) is 11.3 Å². The predicted octanol–water partition coefficient (Wildman–Crippen LogP) is 3.48. The molecule has 2 aromatic rings. The van der Waals surface area contributed by atoms with E-state index in [0.717, 1.165) is 5.56 Å². The zero-order valence-corrected chi connectivity index (χ0v) is 9.60. The first-order valence-electron chi connectivity index (χ1n) is 4.30. The second-order valence-electron chi connectivity index (χ2n) is 3.06. The highest BCUT2D eigenvalue weighted by molar-refractivity contribution is 7.17. The Morgan fingerprint density at radius 1 is 1.47 bits per heavy atom. The van der Waals surface area contributed by atoms with Gasteiger partial charge in [0.25, 0.3) is 5.19 Å². The van der Waals surface area contributed by atoms with Crippen molar-refractivity contribution in [1.82, 2.24) is 4.98 Å². The highest BCUT2D eigenvalue weighted by Crippen LogP contribution is 2.32. The second-order valence-corrected chi connectivity index (χ2v) is 4.50. The summed E-state index contributed by atoms with van der Waals surface area (Å²) < 4.78 is 5.51. The molecule has 0 aliphatic rings. The normalized spacial score (nSPS) is 10.3. The Morgan fingerprint density at radius 2 is 2.27 bits per heavy atom. The molecule has 0 amide bonds. The van der Waals surface area contributed by atoms with Gasteiger partial charge in [-0.1, -0.05) is 29.0 Å². The van der Waals surface area contributed by atoms with Crippen molar-refractivity contribution >= 4 is 27.9 Å². The number of nitrogens with zero attached hydrogens (tertiary/aromatic N) is 1. The summed E-state index contributed by atoms with van der Waals surface area (Å²) in [6.45, 7) is 1.97. The Balaban J connectivity index is 2.27. The number of aromatic nitrogens is 1. The van der Waals surface area contributed by atoms with Gasteiger partial charge in [0, 0.05) is 0 Å². The van der Waals surface area contributed by atoms with Crippen LogP contribution in [0, 0.1) is 6.92 Å². The largest absolute Gasteiger partial charge is 0.429 e. The number of hydrogen-bond acceptors (Lipinski definition) is 4. The lowest BCUT2D eigenvalue weighted by molar-refractivity contribution is 0.478. The fourth-order valence-corrected chi connectivity index (χ4v) is 1.80. The Hall–Kier alpha value is -1.26. The molecule has 0 spiro atoms. The Bertz CT molecular complexity index is 484. The third kappa shape index (κ3) is 2.40. The van der Waals surface area contributed by atoms with Crippen LogP contribution in [-0.2, 0) is 0 Å². The second kappa shape index (κ2) is 4.08. The van der Waals surface area contributed by atoms with Gasteiger partial charge in [0.05, 0.1) is 11.2 Å². The van der Waals surface area contributed by atoms with Gasteiger partial charge < -0.3 is 10.5 Å². The van der Waals surface area contributed by atoms with Crippen LogP contribution in [0.25, 0.3) is 0 Å². The fraction of sp³-hybridized carbons (Fsp3) is 0.100. The van der Waals surface area contributed by atoms with Gasteiger partial charge in [-0.15, -0.1) is 0 Å². The van der Waals surface area contributed by atoms with Crippen molar-refractivity contribution in [3.8, 4) is 10.9 Å². The maximum atomic E-state index is 5.97. The maximum absolute atomic E-state index is 5.97. The fourth-order valence-electron chi connectivity index (χ4n) is 1.10. The average Bonchev–Trinajstić information content (AvgIpc) is 2.58. The standard InChI is InChI=1S/C10H9ClN2OS/c1-6-2-3-7(11)8(4-6)14-10-13-5-9(12)15-10/h2-5H,12H2,1H3. The molecule has 0 bridgehead atoms. The van der Waals surface area contributed by atoms with Gasteiger partial charge in [-0.25, -0.2) is 4.98 Å². The summed E-state index contributed by atoms with van der Waals surface area (Å²) in [6.07, 6.45) is 1.56. The van der Waals surface area contributed by atoms with Crippen LogP contribution in [0.1, 0.15) is 5.56 Å². The number of anilines is 1. The smallest absolute Gasteiger partial charge is 0.280 e. The van der Waals surface area contributed by atoms with E-state index in [-0.39, 0.29) is 0 Å². The highest BCUT2D eigenvalue weighted by Gasteiger charge is 2.06. The lowest BCUT2D eigenvalue weighted by Gasteiger charge is -2.04. The van der Waals surface area contributed by atoms with Gasteiger partial charge in [0.2, 0.25) is 0 Å². The van der Waals surface area contributed by atoms with Crippen molar-refractivity contribution in [2.24, 2.45) is 0 Å². The molecule has 1 heterocycles. The summed E-state index contributed by atoms with van der Waals surface area (Å²) in [5.41, 5.74) is 6.63. The molecule has 5 heteroatoms. The highest BCUT2D eigenvalue weighted by atomic mass is 35.5. The lowest BCUT2D eigenvalue weighted by Crippen LogP contribution is -1.84. The van der Waals surface area contributed by atoms with Gasteiger partial charge in [-0.3, -0.25) is 0 Å². The minimum Gasteiger partial charge on any atom is -0.429 e. The molecule has 0 saturated carbocycles.